The first kappa shape index (κ1) is 46.8. The summed E-state index contributed by atoms with van der Waals surface area (Å²) in [6.07, 6.45) is 1.46. The third-order valence-corrected chi connectivity index (χ3v) is 23.2. The molecule has 2 aliphatic rings. The summed E-state index contributed by atoms with van der Waals surface area (Å²) >= 11 is 0. The van der Waals surface area contributed by atoms with Gasteiger partial charge in [-0.05, 0) is 79.8 Å². The average molecular weight is 855 g/mol. The van der Waals surface area contributed by atoms with Gasteiger partial charge in [0.25, 0.3) is 18.4 Å². The number of aryl methyl sites for hydroxylation is 1. The number of ether oxygens (including phenoxy) is 4. The van der Waals surface area contributed by atoms with E-state index >= 15 is 0 Å². The quantitative estimate of drug-likeness (QED) is 0.110. The van der Waals surface area contributed by atoms with Crippen molar-refractivity contribution in [3.8, 4) is 0 Å². The zero-order valence-electron chi connectivity index (χ0n) is 37.3. The Labute approximate surface area is 351 Å². The lowest BCUT2D eigenvalue weighted by Gasteiger charge is -2.53. The first-order chi connectivity index (χ1) is 26.8. The highest BCUT2D eigenvalue weighted by Crippen LogP contribution is 2.48. The molecule has 3 aromatic carbocycles. The molecule has 3 aromatic rings. The summed E-state index contributed by atoms with van der Waals surface area (Å²) in [6.45, 7) is 26.2. The van der Waals surface area contributed by atoms with Gasteiger partial charge in [0.2, 0.25) is 0 Å². The molecule has 2 fully saturated rings. The number of hydrogen-bond acceptors (Lipinski definition) is 9. The molecular weight excluding hydrogens is 785 g/mol. The molecule has 2 aliphatic heterocycles. The molecule has 322 valence electrons. The molecule has 0 aromatic heterocycles. The topological polar surface area (TPSA) is 98.8 Å². The maximum atomic E-state index is 13.4. The van der Waals surface area contributed by atoms with Gasteiger partial charge in [-0.3, -0.25) is 4.18 Å². The van der Waals surface area contributed by atoms with E-state index in [-0.39, 0.29) is 33.8 Å². The van der Waals surface area contributed by atoms with Gasteiger partial charge in [0.05, 0.1) is 35.4 Å². The summed E-state index contributed by atoms with van der Waals surface area (Å²) in [5.74, 6) is -2.02. The second-order valence-electron chi connectivity index (χ2n) is 19.7. The van der Waals surface area contributed by atoms with Crippen LogP contribution in [0.1, 0.15) is 100.0 Å². The zero-order valence-corrected chi connectivity index (χ0v) is 40.2. The van der Waals surface area contributed by atoms with Crippen molar-refractivity contribution in [2.75, 3.05) is 20.3 Å². The van der Waals surface area contributed by atoms with Crippen molar-refractivity contribution < 1.29 is 40.4 Å². The van der Waals surface area contributed by atoms with Crippen LogP contribution >= 0.6 is 0 Å². The molecule has 0 saturated carbocycles. The Bertz CT molecular complexity index is 1850. The van der Waals surface area contributed by atoms with Gasteiger partial charge in [-0.1, -0.05) is 120 Å². The van der Waals surface area contributed by atoms with Crippen molar-refractivity contribution >= 4 is 37.1 Å². The van der Waals surface area contributed by atoms with E-state index in [1.54, 1.807) is 31.4 Å². The van der Waals surface area contributed by atoms with E-state index in [9.17, 15) is 8.42 Å². The lowest BCUT2D eigenvalue weighted by atomic mass is 9.83. The van der Waals surface area contributed by atoms with E-state index in [0.29, 0.717) is 38.7 Å². The van der Waals surface area contributed by atoms with Crippen LogP contribution in [0.3, 0.4) is 0 Å². The Kier molecular flexibility index (Phi) is 14.2. The van der Waals surface area contributed by atoms with E-state index < -0.39 is 50.0 Å². The highest BCUT2D eigenvalue weighted by Gasteiger charge is 2.55. The van der Waals surface area contributed by atoms with Gasteiger partial charge in [-0.25, -0.2) is 0 Å². The van der Waals surface area contributed by atoms with Crippen molar-refractivity contribution in [2.24, 2.45) is 0 Å². The molecule has 2 heterocycles. The maximum absolute atomic E-state index is 13.4. The van der Waals surface area contributed by atoms with Gasteiger partial charge < -0.3 is 27.8 Å². The molecule has 0 aliphatic carbocycles. The summed E-state index contributed by atoms with van der Waals surface area (Å²) in [5.41, 5.74) is 0.272. The molecule has 0 spiro atoms. The third kappa shape index (κ3) is 11.0. The maximum Gasteiger partial charge on any atom is 0.297 e. The summed E-state index contributed by atoms with van der Waals surface area (Å²) < 4.78 is 73.3. The summed E-state index contributed by atoms with van der Waals surface area (Å²) in [4.78, 5) is 0.106. The van der Waals surface area contributed by atoms with Crippen LogP contribution in [-0.4, -0.2) is 80.9 Å². The number of rotatable bonds is 15. The van der Waals surface area contributed by atoms with E-state index in [0.717, 1.165) is 5.56 Å². The standard InChI is InChI=1S/C46H70O9SSi2/c1-35-24-26-39(27-25-35)56(47,48)50-33-38-31-45(10,55-57(12,13)42(2,3)4)34-46(49-11,54-38)32-37-30-36(52-44(8,9)53-37)28-29-51-58(43(5,6)7,40-20-16-14-17-21-40)41-22-18-15-19-23-41/h14-27,36-38H,28-34H2,1-13H3/t36-,37-,38+,45-,46+/m0/s1. The SMILES string of the molecule is CO[C@@]1(C[C@@H]2C[C@H](CCO[Si](c3ccccc3)(c3ccccc3)C(C)(C)C)OC(C)(C)O2)C[C@@](C)(O[Si](C)(C)C(C)(C)C)C[C@H](COS(=O)(=O)c2ccc(C)cc2)O1. The lowest BCUT2D eigenvalue weighted by molar-refractivity contribution is -0.343. The third-order valence-electron chi connectivity index (χ3n) is 12.2. The van der Waals surface area contributed by atoms with Crippen LogP contribution in [-0.2, 0) is 42.1 Å². The number of methoxy groups -OCH3 is 1. The molecule has 58 heavy (non-hydrogen) atoms. The second kappa shape index (κ2) is 17.6. The molecule has 2 saturated heterocycles. The molecule has 0 amide bonds. The zero-order chi connectivity index (χ0) is 42.8. The molecule has 9 nitrogen and oxygen atoms in total. The van der Waals surface area contributed by atoms with Gasteiger partial charge in [0.15, 0.2) is 19.9 Å². The largest absolute Gasteiger partial charge is 0.411 e. The van der Waals surface area contributed by atoms with Crippen LogP contribution in [0.15, 0.2) is 89.8 Å². The Morgan fingerprint density at radius 1 is 0.759 bits per heavy atom. The van der Waals surface area contributed by atoms with Gasteiger partial charge in [0, 0.05) is 39.4 Å². The molecule has 0 bridgehead atoms. The minimum Gasteiger partial charge on any atom is -0.411 e. The van der Waals surface area contributed by atoms with Crippen LogP contribution in [0.2, 0.25) is 23.2 Å². The molecular formula is C46H70O9SSi2. The fourth-order valence-electron chi connectivity index (χ4n) is 8.69. The van der Waals surface area contributed by atoms with Gasteiger partial charge in [-0.2, -0.15) is 8.42 Å². The van der Waals surface area contributed by atoms with E-state index in [2.05, 4.69) is 122 Å². The van der Waals surface area contributed by atoms with Crippen LogP contribution < -0.4 is 10.4 Å². The number of hydrogen-bond donors (Lipinski definition) is 0. The summed E-state index contributed by atoms with van der Waals surface area (Å²) in [5, 5.41) is 2.28. The van der Waals surface area contributed by atoms with Crippen molar-refractivity contribution in [3.63, 3.8) is 0 Å². The molecule has 0 radical (unpaired) electrons. The fraction of sp³-hybridized carbons (Fsp3) is 0.609. The summed E-state index contributed by atoms with van der Waals surface area (Å²) in [6, 6.07) is 28.0. The molecule has 12 heteroatoms. The average Bonchev–Trinajstić information content (AvgIpc) is 3.11. The predicted octanol–water partition coefficient (Wildman–Crippen LogP) is 9.27. The van der Waals surface area contributed by atoms with Crippen molar-refractivity contribution in [2.45, 2.75) is 165 Å². The van der Waals surface area contributed by atoms with Gasteiger partial charge in [-0.15, -0.1) is 0 Å². The van der Waals surface area contributed by atoms with E-state index in [1.807, 2.05) is 20.8 Å². The van der Waals surface area contributed by atoms with Crippen LogP contribution in [0, 0.1) is 6.92 Å². The molecule has 5 atom stereocenters. The highest BCUT2D eigenvalue weighted by atomic mass is 32.2. The number of benzene rings is 3. The van der Waals surface area contributed by atoms with E-state index in [1.165, 1.54) is 10.4 Å². The minimum atomic E-state index is -4.03. The van der Waals surface area contributed by atoms with Crippen molar-refractivity contribution in [3.05, 3.63) is 90.5 Å². The Hall–Kier alpha value is -2.24. The molecule has 0 unspecified atom stereocenters. The minimum absolute atomic E-state index is 0.0532. The van der Waals surface area contributed by atoms with Crippen LogP contribution in [0.5, 0.6) is 0 Å². The first-order valence-electron chi connectivity index (χ1n) is 20.8. The Morgan fingerprint density at radius 2 is 1.31 bits per heavy atom. The Morgan fingerprint density at radius 3 is 1.83 bits per heavy atom. The molecule has 5 rings (SSSR count). The lowest BCUT2D eigenvalue weighted by Crippen LogP contribution is -2.66. The van der Waals surface area contributed by atoms with Gasteiger partial charge >= 0.3 is 0 Å². The summed E-state index contributed by atoms with van der Waals surface area (Å²) in [7, 11) is -7.42. The van der Waals surface area contributed by atoms with Crippen LogP contribution in [0.25, 0.3) is 0 Å². The second-order valence-corrected chi connectivity index (χ2v) is 30.4. The predicted molar refractivity (Wildman–Crippen MR) is 236 cm³/mol. The van der Waals surface area contributed by atoms with Crippen molar-refractivity contribution in [1.29, 1.82) is 0 Å². The van der Waals surface area contributed by atoms with E-state index in [4.69, 9.17) is 32.0 Å². The highest BCUT2D eigenvalue weighted by molar-refractivity contribution is 7.86. The monoisotopic (exact) mass is 854 g/mol. The molecule has 0 N–H and O–H groups in total. The normalized spacial score (nSPS) is 26.1. The first-order valence-corrected chi connectivity index (χ1v) is 27.1. The fourth-order valence-corrected chi connectivity index (χ4v) is 15.9. The Balaban J connectivity index is 1.38. The van der Waals surface area contributed by atoms with Crippen molar-refractivity contribution in [1.82, 2.24) is 0 Å². The smallest absolute Gasteiger partial charge is 0.297 e. The van der Waals surface area contributed by atoms with Gasteiger partial charge in [0.1, 0.15) is 0 Å². The van der Waals surface area contributed by atoms with Crippen LogP contribution in [0.4, 0.5) is 0 Å².